The molecule has 0 aliphatic carbocycles. The van der Waals surface area contributed by atoms with Gasteiger partial charge in [-0.15, -0.1) is 0 Å². The SMILES string of the molecule is CO.NCC(=O)NCC(=O)NCC(=O)O.NCC(=O)O.[Cl-].[Cl-].[Mg+2]. The Kier molecular flexibility index (Phi) is 48.1. The van der Waals surface area contributed by atoms with Crippen molar-refractivity contribution >= 4 is 46.8 Å². The first-order chi connectivity index (χ1) is 9.33. The third-order valence-corrected chi connectivity index (χ3v) is 1.24. The van der Waals surface area contributed by atoms with E-state index in [-0.39, 0.29) is 67.5 Å². The predicted molar refractivity (Wildman–Crippen MR) is 73.3 cm³/mol. The monoisotopic (exact) mass is 390 g/mol. The molecule has 134 valence electrons. The molecule has 14 heteroatoms. The first kappa shape index (κ1) is 38.0. The third-order valence-electron chi connectivity index (χ3n) is 1.24. The summed E-state index contributed by atoms with van der Waals surface area (Å²) in [6, 6.07) is 0. The van der Waals surface area contributed by atoms with Gasteiger partial charge in [0, 0.05) is 7.11 Å². The number of carbonyl (C=O) groups excluding carboxylic acids is 2. The Labute approximate surface area is 161 Å². The van der Waals surface area contributed by atoms with Crippen molar-refractivity contribution in [3.05, 3.63) is 0 Å². The minimum Gasteiger partial charge on any atom is -1.00 e. The fourth-order valence-corrected chi connectivity index (χ4v) is 0.488. The Bertz CT molecular complexity index is 324. The minimum absolute atomic E-state index is 0. The van der Waals surface area contributed by atoms with Crippen molar-refractivity contribution in [1.82, 2.24) is 10.6 Å². The van der Waals surface area contributed by atoms with Crippen LogP contribution in [0.1, 0.15) is 0 Å². The molecule has 0 atom stereocenters. The van der Waals surface area contributed by atoms with Gasteiger partial charge in [0.05, 0.1) is 19.6 Å². The van der Waals surface area contributed by atoms with Crippen LogP contribution in [0.2, 0.25) is 0 Å². The summed E-state index contributed by atoms with van der Waals surface area (Å²) in [5.74, 6) is -3.14. The Morgan fingerprint density at radius 1 is 0.783 bits per heavy atom. The summed E-state index contributed by atoms with van der Waals surface area (Å²) in [5, 5.41) is 27.0. The van der Waals surface area contributed by atoms with Crippen molar-refractivity contribution in [3.63, 3.8) is 0 Å². The molecule has 0 aliphatic heterocycles. The zero-order chi connectivity index (χ0) is 16.6. The van der Waals surface area contributed by atoms with Crippen molar-refractivity contribution in [3.8, 4) is 0 Å². The number of aliphatic carboxylic acids is 2. The Morgan fingerprint density at radius 3 is 1.39 bits per heavy atom. The quantitative estimate of drug-likeness (QED) is 0.214. The summed E-state index contributed by atoms with van der Waals surface area (Å²) in [6.45, 7) is -1.20. The molecule has 0 saturated heterocycles. The van der Waals surface area contributed by atoms with E-state index >= 15 is 0 Å². The number of rotatable bonds is 6. The van der Waals surface area contributed by atoms with Gasteiger partial charge in [0.25, 0.3) is 0 Å². The van der Waals surface area contributed by atoms with Gasteiger partial charge in [0.1, 0.15) is 6.54 Å². The van der Waals surface area contributed by atoms with Crippen LogP contribution in [0.5, 0.6) is 0 Å². The van der Waals surface area contributed by atoms with Crippen LogP contribution in [0.25, 0.3) is 0 Å². The van der Waals surface area contributed by atoms with Crippen LogP contribution in [-0.4, -0.2) is 95.4 Å². The van der Waals surface area contributed by atoms with E-state index in [9.17, 15) is 19.2 Å². The van der Waals surface area contributed by atoms with E-state index in [1.165, 1.54) is 0 Å². The number of nitrogens with two attached hydrogens (primary N) is 2. The summed E-state index contributed by atoms with van der Waals surface area (Å²) >= 11 is 0. The number of hydrogen-bond donors (Lipinski definition) is 7. The topological polar surface area (TPSA) is 205 Å². The van der Waals surface area contributed by atoms with E-state index in [2.05, 4.69) is 16.4 Å². The van der Waals surface area contributed by atoms with Gasteiger partial charge in [-0.3, -0.25) is 19.2 Å². The molecule has 23 heavy (non-hydrogen) atoms. The first-order valence-electron chi connectivity index (χ1n) is 5.15. The second kappa shape index (κ2) is 29.2. The molecule has 0 aromatic rings. The molecule has 9 N–H and O–H groups in total. The Balaban J connectivity index is -0.0000000625. The van der Waals surface area contributed by atoms with Gasteiger partial charge >= 0.3 is 35.0 Å². The number of aliphatic hydroxyl groups excluding tert-OH is 1. The summed E-state index contributed by atoms with van der Waals surface area (Å²) in [5.41, 5.74) is 9.51. The molecule has 0 spiro atoms. The van der Waals surface area contributed by atoms with Crippen molar-refractivity contribution in [2.45, 2.75) is 0 Å². The zero-order valence-corrected chi connectivity index (χ0v) is 15.3. The number of carboxylic acids is 2. The molecule has 0 saturated carbocycles. The second-order valence-corrected chi connectivity index (χ2v) is 2.75. The Morgan fingerprint density at radius 2 is 1.13 bits per heavy atom. The van der Waals surface area contributed by atoms with Gasteiger partial charge in [-0.1, -0.05) is 0 Å². The maximum atomic E-state index is 10.7. The fraction of sp³-hybridized carbons (Fsp3) is 0.556. The van der Waals surface area contributed by atoms with Crippen LogP contribution in [0.4, 0.5) is 0 Å². The van der Waals surface area contributed by atoms with Gasteiger partial charge < -0.3 is 62.2 Å². The van der Waals surface area contributed by atoms with Gasteiger partial charge in [0.2, 0.25) is 11.8 Å². The van der Waals surface area contributed by atoms with Crippen molar-refractivity contribution < 1.29 is 59.3 Å². The van der Waals surface area contributed by atoms with Crippen molar-refractivity contribution in [1.29, 1.82) is 0 Å². The normalized spacial score (nSPS) is 6.96. The molecule has 0 aromatic heterocycles. The summed E-state index contributed by atoms with van der Waals surface area (Å²) in [7, 11) is 1.00. The van der Waals surface area contributed by atoms with Gasteiger partial charge in [-0.25, -0.2) is 0 Å². The molecule has 0 fully saturated rings. The molecule has 0 bridgehead atoms. The van der Waals surface area contributed by atoms with Gasteiger partial charge in [0.15, 0.2) is 0 Å². The fourth-order valence-electron chi connectivity index (χ4n) is 0.488. The second-order valence-electron chi connectivity index (χ2n) is 2.75. The summed E-state index contributed by atoms with van der Waals surface area (Å²) < 4.78 is 0. The molecule has 0 rings (SSSR count). The average Bonchev–Trinajstić information content (AvgIpc) is 2.45. The van der Waals surface area contributed by atoms with Crippen LogP contribution in [-0.2, 0) is 19.2 Å². The van der Waals surface area contributed by atoms with Gasteiger partial charge in [-0.05, 0) is 0 Å². The zero-order valence-electron chi connectivity index (χ0n) is 12.4. The number of carboxylic acid groups (broad SMARTS) is 2. The molecule has 0 radical (unpaired) electrons. The van der Waals surface area contributed by atoms with Crippen molar-refractivity contribution in [2.75, 3.05) is 33.3 Å². The van der Waals surface area contributed by atoms with Crippen LogP contribution < -0.4 is 46.9 Å². The number of aliphatic hydroxyl groups is 1. The van der Waals surface area contributed by atoms with Crippen LogP contribution in [0.15, 0.2) is 0 Å². The van der Waals surface area contributed by atoms with E-state index < -0.39 is 30.3 Å². The first-order valence-corrected chi connectivity index (χ1v) is 5.15. The average molecular weight is 391 g/mol. The van der Waals surface area contributed by atoms with Crippen LogP contribution in [0, 0.1) is 0 Å². The standard InChI is InChI=1S/C6H11N3O4.C2H5NO2.CH4O.2ClH.Mg/c7-1-4(10)8-2-5(11)9-3-6(12)13;3-1-2(4)5;1-2;;;/h1-3,7H2,(H,8,10)(H,9,11)(H,12,13);1,3H2,(H,4,5);2H,1H3;2*1H;/q;;;;;+2/p-2. The van der Waals surface area contributed by atoms with Crippen molar-refractivity contribution in [2.24, 2.45) is 11.5 Å². The van der Waals surface area contributed by atoms with Crippen LogP contribution in [0.3, 0.4) is 0 Å². The van der Waals surface area contributed by atoms with Gasteiger partial charge in [-0.2, -0.15) is 0 Å². The maximum Gasteiger partial charge on any atom is 2.00 e. The molecule has 11 nitrogen and oxygen atoms in total. The molecule has 2 amide bonds. The molecular formula is C9H20Cl2MgN4O7. The molecule has 0 heterocycles. The maximum absolute atomic E-state index is 10.7. The smallest absolute Gasteiger partial charge is 1.00 e. The van der Waals surface area contributed by atoms with E-state index in [0.717, 1.165) is 7.11 Å². The van der Waals surface area contributed by atoms with Crippen LogP contribution >= 0.6 is 0 Å². The third kappa shape index (κ3) is 44.9. The molecule has 0 unspecified atom stereocenters. The molecule has 0 aliphatic rings. The largest absolute Gasteiger partial charge is 2.00 e. The van der Waals surface area contributed by atoms with E-state index in [4.69, 9.17) is 21.1 Å². The Hall–Kier alpha value is -0.894. The molecular weight excluding hydrogens is 371 g/mol. The minimum atomic E-state index is -1.14. The number of carbonyl (C=O) groups is 4. The predicted octanol–water partition coefficient (Wildman–Crippen LogP) is -10.5. The van der Waals surface area contributed by atoms with E-state index in [1.54, 1.807) is 0 Å². The number of amides is 2. The summed E-state index contributed by atoms with van der Waals surface area (Å²) in [4.78, 5) is 40.5. The number of nitrogens with one attached hydrogen (secondary N) is 2. The number of halogens is 2. The number of hydrogen-bond acceptors (Lipinski definition) is 7. The van der Waals surface area contributed by atoms with E-state index in [1.807, 2.05) is 0 Å². The molecule has 0 aromatic carbocycles. The van der Waals surface area contributed by atoms with E-state index in [0.29, 0.717) is 0 Å². The summed E-state index contributed by atoms with van der Waals surface area (Å²) in [6.07, 6.45) is 0.